The van der Waals surface area contributed by atoms with Crippen LogP contribution in [0.1, 0.15) is 5.56 Å². The molecular formula is C11H12N2O4. The molecule has 6 nitrogen and oxygen atoms in total. The van der Waals surface area contributed by atoms with Crippen LogP contribution in [0.2, 0.25) is 0 Å². The number of rotatable bonds is 4. The first-order chi connectivity index (χ1) is 8.17. The first-order valence-corrected chi connectivity index (χ1v) is 4.70. The Morgan fingerprint density at radius 1 is 1.24 bits per heavy atom. The lowest BCUT2D eigenvalue weighted by Gasteiger charge is -2.06. The zero-order chi connectivity index (χ0) is 12.8. The van der Waals surface area contributed by atoms with Gasteiger partial charge in [0.25, 0.3) is 0 Å². The smallest absolute Gasteiger partial charge is 0.422 e. The van der Waals surface area contributed by atoms with Gasteiger partial charge in [0.15, 0.2) is 0 Å². The molecule has 0 bridgehead atoms. The van der Waals surface area contributed by atoms with E-state index in [-0.39, 0.29) is 5.71 Å². The second kappa shape index (κ2) is 5.67. The minimum Gasteiger partial charge on any atom is -0.497 e. The Morgan fingerprint density at radius 3 is 2.41 bits per heavy atom. The van der Waals surface area contributed by atoms with Gasteiger partial charge in [-0.25, -0.2) is 4.79 Å². The average Bonchev–Trinajstić information content (AvgIpc) is 2.39. The maximum Gasteiger partial charge on any atom is 0.422 e. The normalized spacial score (nSPS) is 9.12. The van der Waals surface area contributed by atoms with Gasteiger partial charge in [0.05, 0.1) is 21.3 Å². The highest BCUT2D eigenvalue weighted by Gasteiger charge is 2.27. The van der Waals surface area contributed by atoms with Crippen LogP contribution in [0.15, 0.2) is 18.2 Å². The molecule has 0 aliphatic carbocycles. The summed E-state index contributed by atoms with van der Waals surface area (Å²) in [6.45, 7) is 0. The quantitative estimate of drug-likeness (QED) is 0.336. The van der Waals surface area contributed by atoms with E-state index >= 15 is 0 Å². The molecule has 0 spiro atoms. The molecule has 6 heteroatoms. The summed E-state index contributed by atoms with van der Waals surface area (Å²) >= 11 is 0. The predicted molar refractivity (Wildman–Crippen MR) is 59.3 cm³/mol. The van der Waals surface area contributed by atoms with Crippen LogP contribution in [0.3, 0.4) is 0 Å². The van der Waals surface area contributed by atoms with Crippen LogP contribution in [0.4, 0.5) is 0 Å². The third-order valence-corrected chi connectivity index (χ3v) is 2.14. The fourth-order valence-corrected chi connectivity index (χ4v) is 1.30. The summed E-state index contributed by atoms with van der Waals surface area (Å²) in [5, 5.41) is 0. The Hall–Kier alpha value is -2.33. The molecule has 0 aliphatic rings. The van der Waals surface area contributed by atoms with Gasteiger partial charge < -0.3 is 19.7 Å². The van der Waals surface area contributed by atoms with Gasteiger partial charge in [-0.05, 0) is 18.2 Å². The van der Waals surface area contributed by atoms with Gasteiger partial charge in [0.2, 0.25) is 0 Å². The Morgan fingerprint density at radius 2 is 1.94 bits per heavy atom. The zero-order valence-corrected chi connectivity index (χ0v) is 9.76. The van der Waals surface area contributed by atoms with Crippen molar-refractivity contribution in [2.45, 2.75) is 0 Å². The topological polar surface area (TPSA) is 81.2 Å². The molecular weight excluding hydrogens is 224 g/mol. The molecule has 90 valence electrons. The maximum absolute atomic E-state index is 11.4. The average molecular weight is 236 g/mol. The summed E-state index contributed by atoms with van der Waals surface area (Å²) in [4.78, 5) is 14.3. The molecule has 17 heavy (non-hydrogen) atoms. The van der Waals surface area contributed by atoms with Gasteiger partial charge in [-0.2, -0.15) is 4.79 Å². The van der Waals surface area contributed by atoms with Gasteiger partial charge in [-0.15, -0.1) is 0 Å². The molecule has 0 saturated heterocycles. The van der Waals surface area contributed by atoms with E-state index in [9.17, 15) is 4.79 Å². The Balaban J connectivity index is 3.35. The van der Waals surface area contributed by atoms with Crippen molar-refractivity contribution in [1.29, 1.82) is 0 Å². The highest BCUT2D eigenvalue weighted by Crippen LogP contribution is 2.24. The monoisotopic (exact) mass is 236 g/mol. The zero-order valence-electron chi connectivity index (χ0n) is 9.76. The number of methoxy groups -OCH3 is 3. The molecule has 0 saturated carbocycles. The number of carbonyl (C=O) groups is 1. The standard InChI is InChI=1S/C11H12N2O4/c1-15-7-4-5-9(16-2)8(6-7)10(13-12)11(14)17-3/h4-6H,1-3H3. The molecule has 0 aliphatic heterocycles. The van der Waals surface area contributed by atoms with Crippen LogP contribution in [0.5, 0.6) is 11.5 Å². The van der Waals surface area contributed by atoms with Gasteiger partial charge in [-0.1, -0.05) is 0 Å². The number of hydrogen-bond donors (Lipinski definition) is 0. The van der Waals surface area contributed by atoms with E-state index in [4.69, 9.17) is 15.0 Å². The first-order valence-electron chi connectivity index (χ1n) is 4.70. The van der Waals surface area contributed by atoms with Crippen molar-refractivity contribution in [1.82, 2.24) is 0 Å². The lowest BCUT2D eigenvalue weighted by Crippen LogP contribution is -2.19. The van der Waals surface area contributed by atoms with E-state index in [0.717, 1.165) is 0 Å². The Labute approximate surface area is 98.3 Å². The summed E-state index contributed by atoms with van der Waals surface area (Å²) in [6.07, 6.45) is 0. The molecule has 0 heterocycles. The van der Waals surface area contributed by atoms with Crippen molar-refractivity contribution in [3.8, 4) is 11.5 Å². The molecule has 0 aromatic heterocycles. The van der Waals surface area contributed by atoms with Crippen molar-refractivity contribution in [3.63, 3.8) is 0 Å². The van der Waals surface area contributed by atoms with Crippen molar-refractivity contribution >= 4 is 11.7 Å². The molecule has 0 amide bonds. The second-order valence-electron chi connectivity index (χ2n) is 3.01. The summed E-state index contributed by atoms with van der Waals surface area (Å²) in [5.74, 6) is 0.119. The van der Waals surface area contributed by atoms with E-state index in [1.165, 1.54) is 27.4 Å². The van der Waals surface area contributed by atoms with Gasteiger partial charge in [0, 0.05) is 0 Å². The molecule has 0 atom stereocenters. The lowest BCUT2D eigenvalue weighted by atomic mass is 10.1. The number of nitrogens with zero attached hydrogens (tertiary/aromatic N) is 2. The largest absolute Gasteiger partial charge is 0.497 e. The van der Waals surface area contributed by atoms with E-state index in [1.807, 2.05) is 0 Å². The lowest BCUT2D eigenvalue weighted by molar-refractivity contribution is -0.137. The van der Waals surface area contributed by atoms with Gasteiger partial charge in [0.1, 0.15) is 17.1 Å². The summed E-state index contributed by atoms with van der Waals surface area (Å²) in [5.41, 5.74) is 8.90. The van der Waals surface area contributed by atoms with Crippen LogP contribution >= 0.6 is 0 Å². The van der Waals surface area contributed by atoms with Crippen LogP contribution < -0.4 is 9.47 Å². The van der Waals surface area contributed by atoms with E-state index in [2.05, 4.69) is 9.53 Å². The number of hydrogen-bond acceptors (Lipinski definition) is 4. The number of ether oxygens (including phenoxy) is 3. The molecule has 1 aromatic carbocycles. The van der Waals surface area contributed by atoms with Crippen molar-refractivity contribution in [2.24, 2.45) is 0 Å². The molecule has 0 unspecified atom stereocenters. The first kappa shape index (κ1) is 12.7. The maximum atomic E-state index is 11.4. The fourth-order valence-electron chi connectivity index (χ4n) is 1.30. The highest BCUT2D eigenvalue weighted by molar-refractivity contribution is 6.41. The SMILES string of the molecule is COC(=O)C(=[N+]=[N-])c1cc(OC)ccc1OC. The number of carbonyl (C=O) groups excluding carboxylic acids is 1. The number of esters is 1. The Kier molecular flexibility index (Phi) is 4.25. The molecule has 0 N–H and O–H groups in total. The van der Waals surface area contributed by atoms with Crippen molar-refractivity contribution < 1.29 is 23.8 Å². The molecule has 1 rings (SSSR count). The second-order valence-corrected chi connectivity index (χ2v) is 3.01. The summed E-state index contributed by atoms with van der Waals surface area (Å²) in [6, 6.07) is 4.78. The highest BCUT2D eigenvalue weighted by atomic mass is 16.5. The minimum absolute atomic E-state index is 0.247. The predicted octanol–water partition coefficient (Wildman–Crippen LogP) is 0.896. The molecule has 1 aromatic rings. The minimum atomic E-state index is -0.765. The van der Waals surface area contributed by atoms with Crippen LogP contribution in [-0.2, 0) is 9.53 Å². The number of benzene rings is 1. The summed E-state index contributed by atoms with van der Waals surface area (Å²) < 4.78 is 14.6. The van der Waals surface area contributed by atoms with Crippen LogP contribution in [0.25, 0.3) is 5.53 Å². The van der Waals surface area contributed by atoms with E-state index < -0.39 is 5.97 Å². The van der Waals surface area contributed by atoms with Crippen LogP contribution in [0, 0.1) is 0 Å². The van der Waals surface area contributed by atoms with Crippen molar-refractivity contribution in [3.05, 3.63) is 29.3 Å². The van der Waals surface area contributed by atoms with E-state index in [1.54, 1.807) is 12.1 Å². The Bertz CT molecular complexity index is 478. The van der Waals surface area contributed by atoms with Gasteiger partial charge in [-0.3, -0.25) is 0 Å². The van der Waals surface area contributed by atoms with E-state index in [0.29, 0.717) is 17.1 Å². The molecule has 0 radical (unpaired) electrons. The van der Waals surface area contributed by atoms with Gasteiger partial charge >= 0.3 is 11.7 Å². The summed E-state index contributed by atoms with van der Waals surface area (Å²) in [7, 11) is 4.12. The third kappa shape index (κ3) is 2.62. The third-order valence-electron chi connectivity index (χ3n) is 2.14. The van der Waals surface area contributed by atoms with Crippen molar-refractivity contribution in [2.75, 3.05) is 21.3 Å². The fraction of sp³-hybridized carbons (Fsp3) is 0.273. The molecule has 0 fully saturated rings. The van der Waals surface area contributed by atoms with Crippen LogP contribution in [-0.4, -0.2) is 37.8 Å².